The normalized spacial score (nSPS) is 20.4. The molecule has 0 spiro atoms. The van der Waals surface area contributed by atoms with Crippen LogP contribution in [0.1, 0.15) is 0 Å². The molecule has 1 aliphatic rings. The summed E-state index contributed by atoms with van der Waals surface area (Å²) in [5.74, 6) is 0. The zero-order chi connectivity index (χ0) is 7.84. The fourth-order valence-corrected chi connectivity index (χ4v) is 1.09. The van der Waals surface area contributed by atoms with Crippen molar-refractivity contribution < 1.29 is 5.17 Å². The van der Waals surface area contributed by atoms with Gasteiger partial charge in [0.1, 0.15) is 0 Å². The fourth-order valence-electron chi connectivity index (χ4n) is 0.920. The van der Waals surface area contributed by atoms with Crippen molar-refractivity contribution in [1.29, 1.82) is 0 Å². The third kappa shape index (κ3) is 1.01. The molecule has 0 aromatic heterocycles. The van der Waals surface area contributed by atoms with E-state index in [1.165, 1.54) is 0 Å². The third-order valence-corrected chi connectivity index (χ3v) is 1.67. The summed E-state index contributed by atoms with van der Waals surface area (Å²) in [6.45, 7) is 0. The molecule has 1 heterocycles. The van der Waals surface area contributed by atoms with Gasteiger partial charge in [-0.2, -0.15) is 5.17 Å². The van der Waals surface area contributed by atoms with Crippen LogP contribution in [0.2, 0.25) is 5.02 Å². The minimum atomic E-state index is -0.317. The van der Waals surface area contributed by atoms with Crippen molar-refractivity contribution in [2.75, 3.05) is 0 Å². The summed E-state index contributed by atoms with van der Waals surface area (Å²) in [4.78, 5) is 0. The van der Waals surface area contributed by atoms with E-state index in [-0.39, 0.29) is 5.17 Å². The van der Waals surface area contributed by atoms with Gasteiger partial charge in [-0.3, -0.25) is 0 Å². The van der Waals surface area contributed by atoms with Crippen molar-refractivity contribution in [3.05, 3.63) is 28.4 Å². The maximum absolute atomic E-state index is 10.9. The van der Waals surface area contributed by atoms with Crippen LogP contribution < -0.4 is 5.17 Å². The van der Waals surface area contributed by atoms with Gasteiger partial charge in [-0.1, -0.05) is 16.7 Å². The van der Waals surface area contributed by atoms with Crippen LogP contribution in [0.5, 0.6) is 0 Å². The molecule has 1 aromatic rings. The summed E-state index contributed by atoms with van der Waals surface area (Å²) in [5.41, 5.74) is 1.08. The lowest BCUT2D eigenvalue weighted by atomic mass is 10.3. The van der Waals surface area contributed by atoms with Crippen LogP contribution in [-0.2, 0) is 0 Å². The van der Waals surface area contributed by atoms with Crippen LogP contribution in [0, 0.1) is 5.21 Å². The topological polar surface area (TPSA) is 52.2 Å². The Morgan fingerprint density at radius 2 is 2.27 bits per heavy atom. The van der Waals surface area contributed by atoms with E-state index in [2.05, 4.69) is 10.3 Å². The lowest BCUT2D eigenvalue weighted by molar-refractivity contribution is -0.784. The monoisotopic (exact) mass is 169 g/mol. The van der Waals surface area contributed by atoms with Gasteiger partial charge in [0, 0.05) is 16.3 Å². The van der Waals surface area contributed by atoms with E-state index in [0.29, 0.717) is 16.4 Å². The molecule has 11 heavy (non-hydrogen) atoms. The summed E-state index contributed by atoms with van der Waals surface area (Å²) in [6.07, 6.45) is 0. The molecule has 2 rings (SSSR count). The number of nitrogens with zero attached hydrogens (tertiary/aromatic N) is 2. The number of nitrogens with one attached hydrogen (secondary N) is 1. The molecule has 1 unspecified atom stereocenters. The molecular weight excluding hydrogens is 166 g/mol. The number of fused-ring (bicyclic) bond motifs is 1. The Bertz CT molecular complexity index is 326. The van der Waals surface area contributed by atoms with Gasteiger partial charge in [0.25, 0.3) is 0 Å². The number of quaternary nitrogens is 1. The second-order valence-corrected chi connectivity index (χ2v) is 2.60. The van der Waals surface area contributed by atoms with Crippen LogP contribution >= 0.6 is 11.6 Å². The van der Waals surface area contributed by atoms with Gasteiger partial charge in [0.2, 0.25) is 0 Å². The summed E-state index contributed by atoms with van der Waals surface area (Å²) in [5, 5.41) is 18.1. The molecular formula is C6H4ClN3O. The summed E-state index contributed by atoms with van der Waals surface area (Å²) >= 11 is 5.65. The minimum absolute atomic E-state index is 0.317. The predicted molar refractivity (Wildman–Crippen MR) is 40.0 cm³/mol. The molecule has 1 aromatic carbocycles. The highest BCUT2D eigenvalue weighted by Crippen LogP contribution is 2.27. The molecule has 1 N–H and O–H groups in total. The van der Waals surface area contributed by atoms with Crippen LogP contribution in [0.25, 0.3) is 0 Å². The quantitative estimate of drug-likeness (QED) is 0.586. The third-order valence-electron chi connectivity index (χ3n) is 1.44. The zero-order valence-corrected chi connectivity index (χ0v) is 6.17. The van der Waals surface area contributed by atoms with E-state index in [1.54, 1.807) is 18.2 Å². The highest BCUT2D eigenvalue weighted by molar-refractivity contribution is 6.30. The highest BCUT2D eigenvalue weighted by atomic mass is 35.5. The smallest absolute Gasteiger partial charge is 0.188 e. The average Bonchev–Trinajstić information content (AvgIpc) is 2.33. The molecule has 0 amide bonds. The first-order chi connectivity index (χ1) is 5.27. The molecule has 0 aliphatic carbocycles. The molecule has 1 aliphatic heterocycles. The van der Waals surface area contributed by atoms with Crippen LogP contribution in [0.15, 0.2) is 28.5 Å². The Morgan fingerprint density at radius 3 is 3.09 bits per heavy atom. The predicted octanol–water partition coefficient (Wildman–Crippen LogP) is 1.37. The van der Waals surface area contributed by atoms with Gasteiger partial charge < -0.3 is 5.21 Å². The van der Waals surface area contributed by atoms with Crippen molar-refractivity contribution in [1.82, 2.24) is 0 Å². The summed E-state index contributed by atoms with van der Waals surface area (Å²) < 4.78 is 0. The number of hydrogen-bond donors (Lipinski definition) is 1. The Morgan fingerprint density at radius 1 is 1.45 bits per heavy atom. The maximum atomic E-state index is 10.9. The first-order valence-electron chi connectivity index (χ1n) is 3.03. The molecule has 56 valence electrons. The van der Waals surface area contributed by atoms with Gasteiger partial charge in [0.15, 0.2) is 11.4 Å². The van der Waals surface area contributed by atoms with E-state index in [0.717, 1.165) is 0 Å². The van der Waals surface area contributed by atoms with Gasteiger partial charge in [-0.05, 0) is 12.1 Å². The summed E-state index contributed by atoms with van der Waals surface area (Å²) in [7, 11) is 0. The van der Waals surface area contributed by atoms with Gasteiger partial charge in [-0.25, -0.2) is 0 Å². The van der Waals surface area contributed by atoms with E-state index in [9.17, 15) is 5.21 Å². The van der Waals surface area contributed by atoms with Crippen LogP contribution in [0.3, 0.4) is 0 Å². The Labute approximate surface area is 67.7 Å². The molecule has 0 bridgehead atoms. The molecule has 0 saturated carbocycles. The molecule has 4 nitrogen and oxygen atoms in total. The molecule has 0 saturated heterocycles. The fraction of sp³-hybridized carbons (Fsp3) is 0. The van der Waals surface area contributed by atoms with Gasteiger partial charge in [-0.15, -0.1) is 0 Å². The minimum Gasteiger partial charge on any atom is -0.600 e. The number of rotatable bonds is 0. The van der Waals surface area contributed by atoms with Gasteiger partial charge >= 0.3 is 0 Å². The van der Waals surface area contributed by atoms with E-state index in [4.69, 9.17) is 11.6 Å². The average molecular weight is 170 g/mol. The lowest BCUT2D eigenvalue weighted by Gasteiger charge is -2.06. The van der Waals surface area contributed by atoms with Gasteiger partial charge in [0.05, 0.1) is 0 Å². The van der Waals surface area contributed by atoms with Crippen molar-refractivity contribution in [2.24, 2.45) is 10.3 Å². The molecule has 0 fully saturated rings. The number of benzene rings is 1. The van der Waals surface area contributed by atoms with E-state index in [1.807, 2.05) is 0 Å². The second-order valence-electron chi connectivity index (χ2n) is 2.17. The number of hydrogen-bond acceptors (Lipinski definition) is 3. The molecule has 0 radical (unpaired) electrons. The second kappa shape index (κ2) is 2.27. The Hall–Kier alpha value is -0.970. The highest BCUT2D eigenvalue weighted by Gasteiger charge is 2.16. The first kappa shape index (κ1) is 6.72. The zero-order valence-electron chi connectivity index (χ0n) is 5.41. The number of halogens is 1. The van der Waals surface area contributed by atoms with Crippen molar-refractivity contribution in [3.8, 4) is 0 Å². The first-order valence-corrected chi connectivity index (χ1v) is 3.41. The molecule has 1 atom stereocenters. The van der Waals surface area contributed by atoms with Crippen LogP contribution in [-0.4, -0.2) is 0 Å². The van der Waals surface area contributed by atoms with Crippen molar-refractivity contribution in [3.63, 3.8) is 0 Å². The lowest BCUT2D eigenvalue weighted by Crippen LogP contribution is -2.95. The molecule has 5 heteroatoms. The maximum Gasteiger partial charge on any atom is 0.188 e. The standard InChI is InChI=1S/C6H4ClN3O/c7-4-1-2-5-6(3-4)10(11)9-8-5/h1-3,10H. The van der Waals surface area contributed by atoms with Crippen LogP contribution in [0.4, 0.5) is 11.4 Å². The van der Waals surface area contributed by atoms with E-state index >= 15 is 0 Å². The van der Waals surface area contributed by atoms with Crippen molar-refractivity contribution in [2.45, 2.75) is 0 Å². The Balaban J connectivity index is 2.58. The largest absolute Gasteiger partial charge is 0.600 e. The summed E-state index contributed by atoms with van der Waals surface area (Å²) in [6, 6.07) is 4.92. The van der Waals surface area contributed by atoms with E-state index < -0.39 is 0 Å². The SMILES string of the molecule is [O-][NH+]1N=Nc2ccc(Cl)cc21. The van der Waals surface area contributed by atoms with Crippen molar-refractivity contribution >= 4 is 23.0 Å². The Kier molecular flexibility index (Phi) is 1.38.